The van der Waals surface area contributed by atoms with Crippen LogP contribution in [0.3, 0.4) is 0 Å². The monoisotopic (exact) mass is 257 g/mol. The van der Waals surface area contributed by atoms with Crippen LogP contribution in [0.4, 0.5) is 13.2 Å². The molecule has 0 saturated heterocycles. The van der Waals surface area contributed by atoms with Gasteiger partial charge >= 0.3 is 12.1 Å². The van der Waals surface area contributed by atoms with Crippen LogP contribution < -0.4 is 5.73 Å². The SMILES string of the molecule is CC(C)(C)OC(=O)C(N)CCC(O)C(F)(F)F. The first-order chi connectivity index (χ1) is 7.43. The second-order valence-corrected chi connectivity index (χ2v) is 4.77. The third-order valence-corrected chi connectivity index (χ3v) is 1.84. The van der Waals surface area contributed by atoms with Crippen molar-refractivity contribution in [3.05, 3.63) is 0 Å². The standard InChI is InChI=1S/C10H18F3NO3/c1-9(2,3)17-8(16)6(14)4-5-7(15)10(11,12)13/h6-7,15H,4-5,14H2,1-3H3. The molecule has 0 aromatic carbocycles. The van der Waals surface area contributed by atoms with Crippen LogP contribution in [0, 0.1) is 0 Å². The molecule has 0 amide bonds. The molecule has 0 spiro atoms. The van der Waals surface area contributed by atoms with E-state index in [2.05, 4.69) is 0 Å². The Morgan fingerprint density at radius 2 is 1.76 bits per heavy atom. The highest BCUT2D eigenvalue weighted by Gasteiger charge is 2.38. The number of nitrogens with two attached hydrogens (primary N) is 1. The molecule has 0 radical (unpaired) electrons. The highest BCUT2D eigenvalue weighted by atomic mass is 19.4. The smallest absolute Gasteiger partial charge is 0.414 e. The van der Waals surface area contributed by atoms with E-state index in [9.17, 15) is 18.0 Å². The van der Waals surface area contributed by atoms with Gasteiger partial charge in [0.05, 0.1) is 0 Å². The fraction of sp³-hybridized carbons (Fsp3) is 0.900. The third kappa shape index (κ3) is 7.17. The van der Waals surface area contributed by atoms with Crippen molar-refractivity contribution in [1.29, 1.82) is 0 Å². The highest BCUT2D eigenvalue weighted by Crippen LogP contribution is 2.23. The maximum absolute atomic E-state index is 12.0. The number of hydrogen-bond acceptors (Lipinski definition) is 4. The van der Waals surface area contributed by atoms with E-state index in [-0.39, 0.29) is 6.42 Å². The van der Waals surface area contributed by atoms with Gasteiger partial charge in [0.25, 0.3) is 0 Å². The second-order valence-electron chi connectivity index (χ2n) is 4.77. The predicted octanol–water partition coefficient (Wildman–Crippen LogP) is 1.36. The number of rotatable bonds is 4. The molecule has 0 aromatic rings. The summed E-state index contributed by atoms with van der Waals surface area (Å²) in [6.07, 6.45) is -8.05. The molecule has 0 aliphatic rings. The number of halogens is 3. The van der Waals surface area contributed by atoms with Crippen molar-refractivity contribution in [2.24, 2.45) is 5.73 Å². The van der Waals surface area contributed by atoms with Gasteiger partial charge in [-0.05, 0) is 33.6 Å². The van der Waals surface area contributed by atoms with Crippen LogP contribution in [0.15, 0.2) is 0 Å². The molecule has 0 aromatic heterocycles. The van der Waals surface area contributed by atoms with E-state index in [4.69, 9.17) is 15.6 Å². The molecule has 2 unspecified atom stereocenters. The number of alkyl halides is 3. The van der Waals surface area contributed by atoms with Crippen molar-refractivity contribution in [3.63, 3.8) is 0 Å². The Hall–Kier alpha value is -0.820. The van der Waals surface area contributed by atoms with Gasteiger partial charge in [0.1, 0.15) is 17.7 Å². The predicted molar refractivity (Wildman–Crippen MR) is 55.1 cm³/mol. The summed E-state index contributed by atoms with van der Waals surface area (Å²) in [7, 11) is 0. The van der Waals surface area contributed by atoms with Crippen molar-refractivity contribution in [2.45, 2.75) is 57.5 Å². The molecule has 0 heterocycles. The Labute approximate surface area is 97.9 Å². The lowest BCUT2D eigenvalue weighted by Gasteiger charge is -2.22. The quantitative estimate of drug-likeness (QED) is 0.746. The summed E-state index contributed by atoms with van der Waals surface area (Å²) in [4.78, 5) is 11.3. The van der Waals surface area contributed by atoms with E-state index < -0.39 is 36.3 Å². The molecule has 0 aliphatic carbocycles. The summed E-state index contributed by atoms with van der Waals surface area (Å²) in [6, 6.07) is -1.16. The van der Waals surface area contributed by atoms with Crippen LogP contribution in [0.5, 0.6) is 0 Å². The van der Waals surface area contributed by atoms with Crippen LogP contribution in [0.25, 0.3) is 0 Å². The van der Waals surface area contributed by atoms with Crippen LogP contribution >= 0.6 is 0 Å². The zero-order valence-electron chi connectivity index (χ0n) is 10.0. The van der Waals surface area contributed by atoms with E-state index in [1.807, 2.05) is 0 Å². The largest absolute Gasteiger partial charge is 0.459 e. The molecule has 17 heavy (non-hydrogen) atoms. The van der Waals surface area contributed by atoms with E-state index in [1.165, 1.54) is 0 Å². The number of ether oxygens (including phenoxy) is 1. The van der Waals surface area contributed by atoms with Crippen LogP contribution in [-0.2, 0) is 9.53 Å². The van der Waals surface area contributed by atoms with Crippen molar-refractivity contribution in [1.82, 2.24) is 0 Å². The second kappa shape index (κ2) is 5.68. The zero-order chi connectivity index (χ0) is 13.9. The van der Waals surface area contributed by atoms with E-state index >= 15 is 0 Å². The molecule has 4 nitrogen and oxygen atoms in total. The Morgan fingerprint density at radius 1 is 1.29 bits per heavy atom. The highest BCUT2D eigenvalue weighted by molar-refractivity contribution is 5.75. The number of carbonyl (C=O) groups is 1. The van der Waals surface area contributed by atoms with E-state index in [0.29, 0.717) is 0 Å². The minimum Gasteiger partial charge on any atom is -0.459 e. The van der Waals surface area contributed by atoms with Gasteiger partial charge in [0.2, 0.25) is 0 Å². The van der Waals surface area contributed by atoms with Crippen molar-refractivity contribution >= 4 is 5.97 Å². The maximum Gasteiger partial charge on any atom is 0.414 e. The zero-order valence-corrected chi connectivity index (χ0v) is 10.0. The number of esters is 1. The van der Waals surface area contributed by atoms with Crippen LogP contribution in [0.2, 0.25) is 0 Å². The average molecular weight is 257 g/mol. The van der Waals surface area contributed by atoms with Crippen molar-refractivity contribution in [3.8, 4) is 0 Å². The summed E-state index contributed by atoms with van der Waals surface area (Å²) in [6.45, 7) is 4.88. The molecule has 7 heteroatoms. The topological polar surface area (TPSA) is 72.5 Å². The fourth-order valence-corrected chi connectivity index (χ4v) is 0.996. The molecule has 0 bridgehead atoms. The number of carbonyl (C=O) groups excluding carboxylic acids is 1. The number of aliphatic hydroxyl groups is 1. The molecular weight excluding hydrogens is 239 g/mol. The Balaban J connectivity index is 4.11. The lowest BCUT2D eigenvalue weighted by Crippen LogP contribution is -2.39. The van der Waals surface area contributed by atoms with Gasteiger partial charge in [0, 0.05) is 0 Å². The molecule has 3 N–H and O–H groups in total. The van der Waals surface area contributed by atoms with Crippen LogP contribution in [-0.4, -0.2) is 35.0 Å². The minimum absolute atomic E-state index is 0.282. The molecular formula is C10H18F3NO3. The first kappa shape index (κ1) is 16.2. The summed E-state index contributed by atoms with van der Waals surface area (Å²) in [5, 5.41) is 8.72. The molecule has 0 aliphatic heterocycles. The maximum atomic E-state index is 12.0. The Kier molecular flexibility index (Phi) is 5.41. The minimum atomic E-state index is -4.69. The Morgan fingerprint density at radius 3 is 2.12 bits per heavy atom. The van der Waals surface area contributed by atoms with E-state index in [0.717, 1.165) is 0 Å². The molecule has 2 atom stereocenters. The van der Waals surface area contributed by atoms with Gasteiger partial charge in [-0.1, -0.05) is 0 Å². The average Bonchev–Trinajstić information content (AvgIpc) is 2.08. The molecule has 0 fully saturated rings. The van der Waals surface area contributed by atoms with E-state index in [1.54, 1.807) is 20.8 Å². The van der Waals surface area contributed by atoms with Gasteiger partial charge < -0.3 is 15.6 Å². The van der Waals surface area contributed by atoms with Crippen molar-refractivity contribution in [2.75, 3.05) is 0 Å². The summed E-state index contributed by atoms with van der Waals surface area (Å²) in [5.41, 5.74) is 4.62. The van der Waals surface area contributed by atoms with Gasteiger partial charge in [-0.25, -0.2) is 0 Å². The normalized spacial score (nSPS) is 16.5. The van der Waals surface area contributed by atoms with Gasteiger partial charge in [-0.15, -0.1) is 0 Å². The summed E-state index contributed by atoms with van der Waals surface area (Å²) >= 11 is 0. The summed E-state index contributed by atoms with van der Waals surface area (Å²) in [5.74, 6) is -0.771. The number of aliphatic hydroxyl groups excluding tert-OH is 1. The molecule has 0 rings (SSSR count). The first-order valence-electron chi connectivity index (χ1n) is 5.16. The van der Waals surface area contributed by atoms with Gasteiger partial charge in [-0.2, -0.15) is 13.2 Å². The third-order valence-electron chi connectivity index (χ3n) is 1.84. The van der Waals surface area contributed by atoms with Gasteiger partial charge in [0.15, 0.2) is 0 Å². The first-order valence-corrected chi connectivity index (χ1v) is 5.16. The molecule has 102 valence electrons. The lowest BCUT2D eigenvalue weighted by atomic mass is 10.1. The van der Waals surface area contributed by atoms with Crippen LogP contribution in [0.1, 0.15) is 33.6 Å². The lowest BCUT2D eigenvalue weighted by molar-refractivity contribution is -0.206. The fourth-order valence-electron chi connectivity index (χ4n) is 0.996. The van der Waals surface area contributed by atoms with Gasteiger partial charge in [-0.3, -0.25) is 4.79 Å². The van der Waals surface area contributed by atoms with Crippen molar-refractivity contribution < 1.29 is 27.8 Å². The molecule has 0 saturated carbocycles. The number of hydrogen-bond donors (Lipinski definition) is 2. The Bertz CT molecular complexity index is 261. The summed E-state index contributed by atoms with van der Waals surface area (Å²) < 4.78 is 40.8.